The molecule has 0 saturated heterocycles. The molecule has 5 aromatic rings. The summed E-state index contributed by atoms with van der Waals surface area (Å²) in [6, 6.07) is 9.71. The number of rotatable bonds is 8. The molecule has 5 rings (SSSR count). The Balaban J connectivity index is 1.49. The van der Waals surface area contributed by atoms with E-state index in [4.69, 9.17) is 14.7 Å². The van der Waals surface area contributed by atoms with Gasteiger partial charge in [0.25, 0.3) is 0 Å². The molecule has 10 heteroatoms. The van der Waals surface area contributed by atoms with Crippen LogP contribution in [0.1, 0.15) is 17.0 Å². The van der Waals surface area contributed by atoms with Crippen LogP contribution in [0.3, 0.4) is 0 Å². The summed E-state index contributed by atoms with van der Waals surface area (Å²) < 4.78 is 5.16. The van der Waals surface area contributed by atoms with Crippen molar-refractivity contribution in [2.45, 2.75) is 20.0 Å². The lowest BCUT2D eigenvalue weighted by Gasteiger charge is -2.14. The van der Waals surface area contributed by atoms with Gasteiger partial charge in [0.2, 0.25) is 5.88 Å². The van der Waals surface area contributed by atoms with E-state index in [9.17, 15) is 0 Å². The zero-order valence-corrected chi connectivity index (χ0v) is 18.8. The van der Waals surface area contributed by atoms with Crippen molar-refractivity contribution in [3.8, 4) is 17.1 Å². The van der Waals surface area contributed by atoms with Gasteiger partial charge in [0.15, 0.2) is 5.65 Å². The van der Waals surface area contributed by atoms with E-state index < -0.39 is 0 Å². The molecule has 0 aliphatic heterocycles. The Labute approximate surface area is 195 Å². The van der Waals surface area contributed by atoms with Crippen LogP contribution in [0.4, 0.5) is 11.5 Å². The van der Waals surface area contributed by atoms with Crippen LogP contribution in [0, 0.1) is 6.92 Å². The SMILES string of the molecule is COc1ccc(Nc2ncc(CNCc3cccnc3)cc2-c2nc(C)nc3[nH]cnc23)cn1. The molecule has 0 radical (unpaired) electrons. The van der Waals surface area contributed by atoms with Crippen LogP contribution in [0.25, 0.3) is 22.4 Å². The quantitative estimate of drug-likeness (QED) is 0.323. The van der Waals surface area contributed by atoms with Gasteiger partial charge in [-0.2, -0.15) is 0 Å². The van der Waals surface area contributed by atoms with Crippen LogP contribution in [0.5, 0.6) is 5.88 Å². The highest BCUT2D eigenvalue weighted by Gasteiger charge is 2.17. The van der Waals surface area contributed by atoms with Crippen LogP contribution in [-0.4, -0.2) is 42.0 Å². The third-order valence-corrected chi connectivity index (χ3v) is 5.18. The molecular weight excluding hydrogens is 430 g/mol. The molecule has 0 unspecified atom stereocenters. The average molecular weight is 454 g/mol. The molecular formula is C24H23N9O. The molecule has 0 atom stereocenters. The second-order valence-electron chi connectivity index (χ2n) is 7.64. The summed E-state index contributed by atoms with van der Waals surface area (Å²) in [4.78, 5) is 29.8. The molecule has 0 spiro atoms. The van der Waals surface area contributed by atoms with Gasteiger partial charge in [-0.25, -0.2) is 24.9 Å². The minimum atomic E-state index is 0.540. The van der Waals surface area contributed by atoms with Crippen LogP contribution in [0.2, 0.25) is 0 Å². The maximum Gasteiger partial charge on any atom is 0.213 e. The van der Waals surface area contributed by atoms with E-state index >= 15 is 0 Å². The van der Waals surface area contributed by atoms with Crippen molar-refractivity contribution >= 4 is 22.7 Å². The second kappa shape index (κ2) is 9.59. The summed E-state index contributed by atoms with van der Waals surface area (Å²) in [5, 5.41) is 6.79. The number of fused-ring (bicyclic) bond motifs is 1. The van der Waals surface area contributed by atoms with E-state index in [1.165, 1.54) is 0 Å². The molecule has 0 bridgehead atoms. The molecule has 34 heavy (non-hydrogen) atoms. The van der Waals surface area contributed by atoms with Crippen molar-refractivity contribution in [1.29, 1.82) is 0 Å². The summed E-state index contributed by atoms with van der Waals surface area (Å²) in [5.41, 5.74) is 5.79. The largest absolute Gasteiger partial charge is 0.481 e. The van der Waals surface area contributed by atoms with Gasteiger partial charge in [-0.1, -0.05) is 6.07 Å². The first kappa shape index (κ1) is 21.4. The number of aryl methyl sites for hydroxylation is 1. The van der Waals surface area contributed by atoms with Gasteiger partial charge in [0.1, 0.15) is 22.9 Å². The number of aromatic nitrogens is 7. The van der Waals surface area contributed by atoms with Gasteiger partial charge in [0.05, 0.1) is 25.3 Å². The minimum Gasteiger partial charge on any atom is -0.481 e. The Morgan fingerprint density at radius 1 is 0.971 bits per heavy atom. The Bertz CT molecular complexity index is 1400. The Morgan fingerprint density at radius 2 is 1.88 bits per heavy atom. The lowest BCUT2D eigenvalue weighted by atomic mass is 10.1. The third kappa shape index (κ3) is 4.66. The molecule has 0 aliphatic carbocycles. The molecule has 0 aliphatic rings. The molecule has 170 valence electrons. The van der Waals surface area contributed by atoms with Crippen molar-refractivity contribution in [2.75, 3.05) is 12.4 Å². The number of ether oxygens (including phenoxy) is 1. The van der Waals surface area contributed by atoms with Crippen molar-refractivity contribution < 1.29 is 4.74 Å². The number of imidazole rings is 1. The standard InChI is InChI=1S/C24H23N9O/c1-15-31-21(22-24(32-15)30-14-29-22)19-8-17(11-26-10-16-4-3-7-25-9-16)12-28-23(19)33-18-5-6-20(34-2)27-13-18/h3-9,12-14,26H,10-11H2,1-2H3,(H,28,33)(H,29,30,31,32). The topological polar surface area (TPSA) is 126 Å². The molecule has 5 aromatic heterocycles. The number of pyridine rings is 3. The number of nitrogens with one attached hydrogen (secondary N) is 3. The highest BCUT2D eigenvalue weighted by molar-refractivity contribution is 5.91. The van der Waals surface area contributed by atoms with E-state index in [0.29, 0.717) is 47.5 Å². The predicted octanol–water partition coefficient (Wildman–Crippen LogP) is 3.56. The van der Waals surface area contributed by atoms with Crippen molar-refractivity contribution in [3.63, 3.8) is 0 Å². The third-order valence-electron chi connectivity index (χ3n) is 5.18. The van der Waals surface area contributed by atoms with Gasteiger partial charge < -0.3 is 20.4 Å². The minimum absolute atomic E-state index is 0.540. The highest BCUT2D eigenvalue weighted by Crippen LogP contribution is 2.32. The lowest BCUT2D eigenvalue weighted by Crippen LogP contribution is -2.13. The van der Waals surface area contributed by atoms with E-state index in [0.717, 1.165) is 22.4 Å². The molecule has 0 aromatic carbocycles. The number of methoxy groups -OCH3 is 1. The average Bonchev–Trinajstić information content (AvgIpc) is 3.34. The molecule has 10 nitrogen and oxygen atoms in total. The van der Waals surface area contributed by atoms with Crippen molar-refractivity contribution in [2.24, 2.45) is 0 Å². The molecule has 3 N–H and O–H groups in total. The van der Waals surface area contributed by atoms with Crippen molar-refractivity contribution in [1.82, 2.24) is 40.2 Å². The smallest absolute Gasteiger partial charge is 0.213 e. The van der Waals surface area contributed by atoms with E-state index in [-0.39, 0.29) is 0 Å². The molecule has 0 amide bonds. The van der Waals surface area contributed by atoms with Crippen LogP contribution < -0.4 is 15.4 Å². The van der Waals surface area contributed by atoms with Crippen molar-refractivity contribution in [3.05, 3.63) is 78.4 Å². The second-order valence-corrected chi connectivity index (χ2v) is 7.64. The first-order chi connectivity index (χ1) is 16.7. The van der Waals surface area contributed by atoms with Gasteiger partial charge >= 0.3 is 0 Å². The van der Waals surface area contributed by atoms with Crippen LogP contribution in [0.15, 0.2) is 61.4 Å². The summed E-state index contributed by atoms with van der Waals surface area (Å²) in [5.74, 6) is 1.83. The number of aromatic amines is 1. The van der Waals surface area contributed by atoms with Gasteiger partial charge in [-0.3, -0.25) is 4.98 Å². The number of hydrogen-bond donors (Lipinski definition) is 3. The van der Waals surface area contributed by atoms with Gasteiger partial charge in [0, 0.05) is 43.3 Å². The maximum atomic E-state index is 5.16. The molecule has 5 heterocycles. The first-order valence-corrected chi connectivity index (χ1v) is 10.7. The summed E-state index contributed by atoms with van der Waals surface area (Å²) in [6.45, 7) is 3.20. The summed E-state index contributed by atoms with van der Waals surface area (Å²) >= 11 is 0. The van der Waals surface area contributed by atoms with E-state index in [1.807, 2.05) is 37.5 Å². The zero-order valence-electron chi connectivity index (χ0n) is 18.8. The zero-order chi connectivity index (χ0) is 23.3. The highest BCUT2D eigenvalue weighted by atomic mass is 16.5. The number of H-pyrrole nitrogens is 1. The normalized spacial score (nSPS) is 11.0. The Hall–Kier alpha value is -4.44. The van der Waals surface area contributed by atoms with Gasteiger partial charge in [-0.15, -0.1) is 0 Å². The molecule has 0 saturated carbocycles. The van der Waals surface area contributed by atoms with Gasteiger partial charge in [-0.05, 0) is 36.2 Å². The van der Waals surface area contributed by atoms with E-state index in [2.05, 4.69) is 41.6 Å². The fourth-order valence-corrected chi connectivity index (χ4v) is 3.59. The first-order valence-electron chi connectivity index (χ1n) is 10.7. The summed E-state index contributed by atoms with van der Waals surface area (Å²) in [6.07, 6.45) is 8.78. The fourth-order valence-electron chi connectivity index (χ4n) is 3.59. The number of hydrogen-bond acceptors (Lipinski definition) is 9. The maximum absolute atomic E-state index is 5.16. The fraction of sp³-hybridized carbons (Fsp3) is 0.167. The predicted molar refractivity (Wildman–Crippen MR) is 129 cm³/mol. The van der Waals surface area contributed by atoms with Crippen LogP contribution >= 0.6 is 0 Å². The Kier molecular flexibility index (Phi) is 6.04. The summed E-state index contributed by atoms with van der Waals surface area (Å²) in [7, 11) is 1.59. The molecule has 0 fully saturated rings. The van der Waals surface area contributed by atoms with E-state index in [1.54, 1.807) is 31.9 Å². The number of nitrogens with zero attached hydrogens (tertiary/aromatic N) is 6. The monoisotopic (exact) mass is 453 g/mol. The number of anilines is 2. The van der Waals surface area contributed by atoms with Crippen LogP contribution in [-0.2, 0) is 13.1 Å². The lowest BCUT2D eigenvalue weighted by molar-refractivity contribution is 0.398. The Morgan fingerprint density at radius 3 is 2.68 bits per heavy atom.